The number of aromatic nitrogens is 6. The number of hydrogen-bond donors (Lipinski definition) is 3. The molecular formula is C28H28FN9O2. The number of benzene rings is 1. The highest BCUT2D eigenvalue weighted by Gasteiger charge is 2.26. The van der Waals surface area contributed by atoms with Crippen molar-refractivity contribution in [2.75, 3.05) is 30.3 Å². The molecule has 1 amide bonds. The fourth-order valence-electron chi connectivity index (χ4n) is 4.85. The Bertz CT molecular complexity index is 1650. The Morgan fingerprint density at radius 2 is 2.10 bits per heavy atom. The first-order valence-corrected chi connectivity index (χ1v) is 12.9. The van der Waals surface area contributed by atoms with Crippen molar-refractivity contribution in [1.82, 2.24) is 34.6 Å². The number of pyridine rings is 1. The normalized spacial score (nSPS) is 15.4. The van der Waals surface area contributed by atoms with Gasteiger partial charge in [-0.3, -0.25) is 19.4 Å². The van der Waals surface area contributed by atoms with Crippen molar-refractivity contribution in [3.8, 4) is 17.0 Å². The van der Waals surface area contributed by atoms with Crippen LogP contribution in [0.25, 0.3) is 22.2 Å². The average Bonchev–Trinajstić information content (AvgIpc) is 3.65. The summed E-state index contributed by atoms with van der Waals surface area (Å²) in [5.41, 5.74) is 2.94. The van der Waals surface area contributed by atoms with Crippen LogP contribution in [0.3, 0.4) is 0 Å². The van der Waals surface area contributed by atoms with E-state index in [1.165, 1.54) is 0 Å². The molecule has 12 heteroatoms. The summed E-state index contributed by atoms with van der Waals surface area (Å²) >= 11 is 0. The third kappa shape index (κ3) is 5.34. The van der Waals surface area contributed by atoms with E-state index < -0.39 is 5.82 Å². The van der Waals surface area contributed by atoms with E-state index in [1.54, 1.807) is 23.3 Å². The molecule has 40 heavy (non-hydrogen) atoms. The second kappa shape index (κ2) is 10.7. The molecule has 6 rings (SSSR count). The molecular weight excluding hydrogens is 513 g/mol. The molecule has 5 heterocycles. The number of carbonyl (C=O) groups is 1. The second-order valence-corrected chi connectivity index (χ2v) is 9.73. The lowest BCUT2D eigenvalue weighted by molar-refractivity contribution is -0.117. The molecule has 11 nitrogen and oxygen atoms in total. The van der Waals surface area contributed by atoms with E-state index in [0.29, 0.717) is 29.1 Å². The second-order valence-electron chi connectivity index (χ2n) is 9.73. The number of rotatable bonds is 8. The number of halogens is 1. The summed E-state index contributed by atoms with van der Waals surface area (Å²) in [5, 5.41) is 11.1. The number of carbonyl (C=O) groups excluding carboxylic acids is 1. The van der Waals surface area contributed by atoms with E-state index in [4.69, 9.17) is 4.74 Å². The first-order valence-electron chi connectivity index (χ1n) is 12.9. The maximum absolute atomic E-state index is 14.9. The summed E-state index contributed by atoms with van der Waals surface area (Å²) in [7, 11) is 1.83. The van der Waals surface area contributed by atoms with E-state index in [-0.39, 0.29) is 30.2 Å². The predicted octanol–water partition coefficient (Wildman–Crippen LogP) is 4.04. The Balaban J connectivity index is 1.15. The average molecular weight is 542 g/mol. The van der Waals surface area contributed by atoms with Crippen LogP contribution in [0.15, 0.2) is 61.2 Å². The maximum Gasteiger partial charge on any atom is 0.238 e. The van der Waals surface area contributed by atoms with Gasteiger partial charge in [-0.1, -0.05) is 12.1 Å². The Morgan fingerprint density at radius 3 is 2.90 bits per heavy atom. The molecule has 1 unspecified atom stereocenters. The lowest BCUT2D eigenvalue weighted by Gasteiger charge is -2.17. The SMILES string of the molecule is Cc1cc(Nc2ncc(F)c(-c3c[nH]c4c(NC(=O)CN5CCC(Oc6ccncc6)C5)cccc34)n2)nn1C. The molecule has 0 aliphatic carbocycles. The maximum atomic E-state index is 14.9. The summed E-state index contributed by atoms with van der Waals surface area (Å²) < 4.78 is 22.6. The van der Waals surface area contributed by atoms with Crippen molar-refractivity contribution in [1.29, 1.82) is 0 Å². The van der Waals surface area contributed by atoms with Crippen LogP contribution in [0.4, 0.5) is 21.8 Å². The number of para-hydroxylation sites is 1. The molecule has 3 N–H and O–H groups in total. The highest BCUT2D eigenvalue weighted by molar-refractivity contribution is 6.06. The third-order valence-corrected chi connectivity index (χ3v) is 6.89. The number of fused-ring (bicyclic) bond motifs is 1. The lowest BCUT2D eigenvalue weighted by atomic mass is 10.1. The van der Waals surface area contributed by atoms with E-state index in [1.807, 2.05) is 50.4 Å². The molecule has 0 spiro atoms. The van der Waals surface area contributed by atoms with Gasteiger partial charge in [0.2, 0.25) is 11.9 Å². The number of nitrogens with one attached hydrogen (secondary N) is 3. The van der Waals surface area contributed by atoms with Crippen molar-refractivity contribution in [3.63, 3.8) is 0 Å². The summed E-state index contributed by atoms with van der Waals surface area (Å²) in [6, 6.07) is 11.0. The van der Waals surface area contributed by atoms with Crippen molar-refractivity contribution in [2.24, 2.45) is 7.05 Å². The largest absolute Gasteiger partial charge is 0.489 e. The number of anilines is 3. The Kier molecular flexibility index (Phi) is 6.83. The molecule has 1 saturated heterocycles. The zero-order chi connectivity index (χ0) is 27.6. The number of aromatic amines is 1. The van der Waals surface area contributed by atoms with Gasteiger partial charge in [0.25, 0.3) is 0 Å². The van der Waals surface area contributed by atoms with E-state index in [0.717, 1.165) is 36.0 Å². The number of H-pyrrole nitrogens is 1. The van der Waals surface area contributed by atoms with Gasteiger partial charge in [-0.2, -0.15) is 5.10 Å². The van der Waals surface area contributed by atoms with Gasteiger partial charge < -0.3 is 20.4 Å². The minimum Gasteiger partial charge on any atom is -0.489 e. The van der Waals surface area contributed by atoms with Gasteiger partial charge in [0, 0.05) is 61.4 Å². The molecule has 0 bridgehead atoms. The summed E-state index contributed by atoms with van der Waals surface area (Å²) in [6.07, 6.45) is 7.06. The predicted molar refractivity (Wildman–Crippen MR) is 149 cm³/mol. The monoisotopic (exact) mass is 541 g/mol. The van der Waals surface area contributed by atoms with Gasteiger partial charge >= 0.3 is 0 Å². The molecule has 1 atom stereocenters. The van der Waals surface area contributed by atoms with Crippen LogP contribution in [-0.4, -0.2) is 66.3 Å². The molecule has 4 aromatic heterocycles. The summed E-state index contributed by atoms with van der Waals surface area (Å²) in [5.74, 6) is 0.865. The fraction of sp³-hybridized carbons (Fsp3) is 0.250. The number of nitrogens with zero attached hydrogens (tertiary/aromatic N) is 6. The van der Waals surface area contributed by atoms with E-state index in [2.05, 4.69) is 40.6 Å². The van der Waals surface area contributed by atoms with Gasteiger partial charge in [-0.15, -0.1) is 0 Å². The van der Waals surface area contributed by atoms with Gasteiger partial charge in [0.05, 0.1) is 23.9 Å². The van der Waals surface area contributed by atoms with Crippen LogP contribution >= 0.6 is 0 Å². The van der Waals surface area contributed by atoms with Crippen LogP contribution in [0.1, 0.15) is 12.1 Å². The molecule has 0 saturated carbocycles. The number of likely N-dealkylation sites (tertiary alicyclic amines) is 1. The van der Waals surface area contributed by atoms with Crippen LogP contribution in [-0.2, 0) is 11.8 Å². The quantitative estimate of drug-likeness (QED) is 0.269. The molecule has 1 aliphatic rings. The Hall–Kier alpha value is -4.84. The van der Waals surface area contributed by atoms with Crippen molar-refractivity contribution in [2.45, 2.75) is 19.4 Å². The number of amides is 1. The van der Waals surface area contributed by atoms with Crippen LogP contribution in [0.5, 0.6) is 5.75 Å². The summed E-state index contributed by atoms with van der Waals surface area (Å²) in [6.45, 7) is 3.59. The van der Waals surface area contributed by atoms with Crippen LogP contribution < -0.4 is 15.4 Å². The van der Waals surface area contributed by atoms with Crippen molar-refractivity contribution in [3.05, 3.63) is 72.7 Å². The molecule has 204 valence electrons. The first-order chi connectivity index (χ1) is 19.4. The Labute approximate surface area is 229 Å². The summed E-state index contributed by atoms with van der Waals surface area (Å²) in [4.78, 5) is 30.7. The molecule has 5 aromatic rings. The minimum atomic E-state index is -0.560. The lowest BCUT2D eigenvalue weighted by Crippen LogP contribution is -2.33. The Morgan fingerprint density at radius 1 is 1.25 bits per heavy atom. The van der Waals surface area contributed by atoms with Gasteiger partial charge in [0.1, 0.15) is 17.5 Å². The number of hydrogen-bond acceptors (Lipinski definition) is 8. The van der Waals surface area contributed by atoms with Gasteiger partial charge in [-0.05, 0) is 31.5 Å². The molecule has 1 aromatic carbocycles. The third-order valence-electron chi connectivity index (χ3n) is 6.89. The fourth-order valence-corrected chi connectivity index (χ4v) is 4.85. The van der Waals surface area contributed by atoms with Crippen LogP contribution in [0, 0.1) is 12.7 Å². The topological polar surface area (TPSA) is 126 Å². The highest BCUT2D eigenvalue weighted by atomic mass is 19.1. The van der Waals surface area contributed by atoms with Crippen molar-refractivity contribution < 1.29 is 13.9 Å². The number of aryl methyl sites for hydroxylation is 2. The molecule has 1 aliphatic heterocycles. The van der Waals surface area contributed by atoms with Crippen LogP contribution in [0.2, 0.25) is 0 Å². The zero-order valence-corrected chi connectivity index (χ0v) is 22.1. The number of ether oxygens (including phenoxy) is 1. The van der Waals surface area contributed by atoms with E-state index >= 15 is 0 Å². The molecule has 0 radical (unpaired) electrons. The standard InChI is InChI=1S/C28H28FN9O2/c1-17-12-24(36-37(17)2)34-28-32-14-22(29)26(35-28)21-13-31-27-20(21)4-3-5-23(27)33-25(39)16-38-11-8-19(15-38)40-18-6-9-30-10-7-18/h3-7,9-10,12-14,19,31H,8,11,15-16H2,1-2H3,(H,33,39)(H,32,34,35,36). The highest BCUT2D eigenvalue weighted by Crippen LogP contribution is 2.33. The smallest absolute Gasteiger partial charge is 0.238 e. The van der Waals surface area contributed by atoms with Gasteiger partial charge in [0.15, 0.2) is 11.6 Å². The first kappa shape index (κ1) is 25.4. The van der Waals surface area contributed by atoms with Crippen molar-refractivity contribution >= 4 is 34.3 Å². The minimum absolute atomic E-state index is 0.0217. The van der Waals surface area contributed by atoms with E-state index in [9.17, 15) is 9.18 Å². The van der Waals surface area contributed by atoms with Gasteiger partial charge in [-0.25, -0.2) is 14.4 Å². The molecule has 1 fully saturated rings. The zero-order valence-electron chi connectivity index (χ0n) is 22.1.